The molecule has 0 radical (unpaired) electrons. The van der Waals surface area contributed by atoms with Gasteiger partial charge >= 0.3 is 0 Å². The Bertz CT molecular complexity index is 246. The minimum atomic E-state index is 0.0183. The molecule has 1 aromatic rings. The van der Waals surface area contributed by atoms with Gasteiger partial charge in [-0.05, 0) is 24.9 Å². The Labute approximate surface area is 78.8 Å². The van der Waals surface area contributed by atoms with Crippen molar-refractivity contribution in [2.75, 3.05) is 6.54 Å². The highest BCUT2D eigenvalue weighted by Crippen LogP contribution is 2.17. The molecule has 0 fully saturated rings. The Kier molecular flexibility index (Phi) is 4.19. The van der Waals surface area contributed by atoms with Crippen LogP contribution in [0.3, 0.4) is 0 Å². The highest BCUT2D eigenvalue weighted by molar-refractivity contribution is 5.61. The van der Waals surface area contributed by atoms with Crippen LogP contribution in [-0.4, -0.2) is 12.8 Å². The number of hydrogen-bond donors (Lipinski definition) is 1. The van der Waals surface area contributed by atoms with E-state index in [1.54, 1.807) is 0 Å². The van der Waals surface area contributed by atoms with E-state index in [1.165, 1.54) is 0 Å². The van der Waals surface area contributed by atoms with E-state index in [1.807, 2.05) is 30.3 Å². The van der Waals surface area contributed by atoms with E-state index in [-0.39, 0.29) is 5.92 Å². The fourth-order valence-corrected chi connectivity index (χ4v) is 1.35. The molecule has 1 aromatic carbocycles. The third kappa shape index (κ3) is 2.99. The van der Waals surface area contributed by atoms with E-state index < -0.39 is 0 Å². The maximum atomic E-state index is 10.8. The summed E-state index contributed by atoms with van der Waals surface area (Å²) in [6, 6.07) is 9.82. The van der Waals surface area contributed by atoms with Crippen molar-refractivity contribution in [3.05, 3.63) is 35.9 Å². The van der Waals surface area contributed by atoms with Crippen molar-refractivity contribution in [1.29, 1.82) is 0 Å². The monoisotopic (exact) mass is 177 g/mol. The first kappa shape index (κ1) is 9.93. The van der Waals surface area contributed by atoms with Crippen LogP contribution in [0, 0.1) is 0 Å². The number of carbonyl (C=O) groups excluding carboxylic acids is 1. The van der Waals surface area contributed by atoms with Gasteiger partial charge in [0.25, 0.3) is 0 Å². The predicted molar refractivity (Wildman–Crippen MR) is 53.5 cm³/mol. The van der Waals surface area contributed by atoms with Gasteiger partial charge in [0, 0.05) is 5.92 Å². The Hall–Kier alpha value is -1.15. The van der Waals surface area contributed by atoms with Crippen molar-refractivity contribution in [2.45, 2.75) is 18.8 Å². The van der Waals surface area contributed by atoms with E-state index >= 15 is 0 Å². The molecule has 0 saturated carbocycles. The molecule has 0 aromatic heterocycles. The Morgan fingerprint density at radius 2 is 2.00 bits per heavy atom. The van der Waals surface area contributed by atoms with Gasteiger partial charge in [0.15, 0.2) is 0 Å². The number of hydrogen-bond acceptors (Lipinski definition) is 2. The van der Waals surface area contributed by atoms with Crippen LogP contribution in [0.1, 0.15) is 24.3 Å². The molecule has 13 heavy (non-hydrogen) atoms. The standard InChI is InChI=1S/C11H15NO/c12-8-4-7-11(9-13)10-5-2-1-3-6-10/h1-3,5-6,9,11H,4,7-8,12H2. The van der Waals surface area contributed by atoms with Crippen molar-refractivity contribution in [3.63, 3.8) is 0 Å². The van der Waals surface area contributed by atoms with Crippen LogP contribution in [0.5, 0.6) is 0 Å². The smallest absolute Gasteiger partial charge is 0.127 e. The quantitative estimate of drug-likeness (QED) is 0.696. The predicted octanol–water partition coefficient (Wildman–Crippen LogP) is 1.71. The first-order valence-corrected chi connectivity index (χ1v) is 4.58. The number of benzene rings is 1. The van der Waals surface area contributed by atoms with Gasteiger partial charge in [-0.1, -0.05) is 30.3 Å². The Morgan fingerprint density at radius 1 is 1.31 bits per heavy atom. The molecule has 1 atom stereocenters. The molecule has 1 rings (SSSR count). The van der Waals surface area contributed by atoms with Gasteiger partial charge < -0.3 is 10.5 Å². The van der Waals surface area contributed by atoms with E-state index in [2.05, 4.69) is 0 Å². The van der Waals surface area contributed by atoms with E-state index in [9.17, 15) is 4.79 Å². The first-order valence-electron chi connectivity index (χ1n) is 4.58. The molecule has 0 spiro atoms. The summed E-state index contributed by atoms with van der Waals surface area (Å²) in [7, 11) is 0. The van der Waals surface area contributed by atoms with Crippen molar-refractivity contribution in [2.24, 2.45) is 5.73 Å². The SMILES string of the molecule is NCCCC(C=O)c1ccccc1. The van der Waals surface area contributed by atoms with Crippen LogP contribution in [0.2, 0.25) is 0 Å². The van der Waals surface area contributed by atoms with E-state index in [0.29, 0.717) is 6.54 Å². The van der Waals surface area contributed by atoms with Crippen LogP contribution in [0.4, 0.5) is 0 Å². The average molecular weight is 177 g/mol. The summed E-state index contributed by atoms with van der Waals surface area (Å²) in [4.78, 5) is 10.8. The molecule has 0 saturated heterocycles. The number of carbonyl (C=O) groups is 1. The van der Waals surface area contributed by atoms with Crippen molar-refractivity contribution in [3.8, 4) is 0 Å². The average Bonchev–Trinajstić information content (AvgIpc) is 2.21. The molecular formula is C11H15NO. The highest BCUT2D eigenvalue weighted by Gasteiger charge is 2.08. The Morgan fingerprint density at radius 3 is 2.54 bits per heavy atom. The zero-order valence-corrected chi connectivity index (χ0v) is 7.65. The lowest BCUT2D eigenvalue weighted by Crippen LogP contribution is -2.05. The lowest BCUT2D eigenvalue weighted by atomic mass is 9.96. The maximum absolute atomic E-state index is 10.8. The van der Waals surface area contributed by atoms with Gasteiger partial charge in [-0.15, -0.1) is 0 Å². The minimum Gasteiger partial charge on any atom is -0.330 e. The molecule has 0 heterocycles. The van der Waals surface area contributed by atoms with Gasteiger partial charge in [0.1, 0.15) is 6.29 Å². The lowest BCUT2D eigenvalue weighted by molar-refractivity contribution is -0.109. The lowest BCUT2D eigenvalue weighted by Gasteiger charge is -2.08. The minimum absolute atomic E-state index is 0.0183. The zero-order chi connectivity index (χ0) is 9.52. The van der Waals surface area contributed by atoms with Crippen molar-refractivity contribution < 1.29 is 4.79 Å². The van der Waals surface area contributed by atoms with Crippen molar-refractivity contribution >= 4 is 6.29 Å². The number of aldehydes is 1. The van der Waals surface area contributed by atoms with Crippen LogP contribution in [-0.2, 0) is 4.79 Å². The Balaban J connectivity index is 2.61. The summed E-state index contributed by atoms with van der Waals surface area (Å²) in [5.74, 6) is 0.0183. The molecule has 2 N–H and O–H groups in total. The second kappa shape index (κ2) is 5.49. The van der Waals surface area contributed by atoms with Gasteiger partial charge in [-0.3, -0.25) is 0 Å². The first-order chi connectivity index (χ1) is 6.38. The van der Waals surface area contributed by atoms with Crippen LogP contribution >= 0.6 is 0 Å². The summed E-state index contributed by atoms with van der Waals surface area (Å²) >= 11 is 0. The third-order valence-electron chi connectivity index (χ3n) is 2.11. The van der Waals surface area contributed by atoms with Crippen LogP contribution in [0.15, 0.2) is 30.3 Å². The molecule has 0 aliphatic carbocycles. The normalized spacial score (nSPS) is 12.4. The second-order valence-electron chi connectivity index (χ2n) is 3.08. The highest BCUT2D eigenvalue weighted by atomic mass is 16.1. The number of nitrogens with two attached hydrogens (primary N) is 1. The largest absolute Gasteiger partial charge is 0.330 e. The summed E-state index contributed by atoms with van der Waals surface area (Å²) in [6.45, 7) is 0.650. The fraction of sp³-hybridized carbons (Fsp3) is 0.364. The molecular weight excluding hydrogens is 162 g/mol. The van der Waals surface area contributed by atoms with Gasteiger partial charge in [-0.25, -0.2) is 0 Å². The van der Waals surface area contributed by atoms with Crippen molar-refractivity contribution in [1.82, 2.24) is 0 Å². The molecule has 0 amide bonds. The molecule has 70 valence electrons. The van der Waals surface area contributed by atoms with Gasteiger partial charge in [0.2, 0.25) is 0 Å². The summed E-state index contributed by atoms with van der Waals surface area (Å²) in [5.41, 5.74) is 6.48. The van der Waals surface area contributed by atoms with E-state index in [4.69, 9.17) is 5.73 Å². The van der Waals surface area contributed by atoms with Crippen LogP contribution < -0.4 is 5.73 Å². The summed E-state index contributed by atoms with van der Waals surface area (Å²) in [5, 5.41) is 0. The molecule has 1 unspecified atom stereocenters. The van der Waals surface area contributed by atoms with Gasteiger partial charge in [0.05, 0.1) is 0 Å². The van der Waals surface area contributed by atoms with Gasteiger partial charge in [-0.2, -0.15) is 0 Å². The molecule has 0 bridgehead atoms. The molecule has 0 aliphatic rings. The number of rotatable bonds is 5. The third-order valence-corrected chi connectivity index (χ3v) is 2.11. The van der Waals surface area contributed by atoms with Crippen LogP contribution in [0.25, 0.3) is 0 Å². The van der Waals surface area contributed by atoms with E-state index in [0.717, 1.165) is 24.7 Å². The molecule has 0 aliphatic heterocycles. The zero-order valence-electron chi connectivity index (χ0n) is 7.65. The second-order valence-corrected chi connectivity index (χ2v) is 3.08. The summed E-state index contributed by atoms with van der Waals surface area (Å²) < 4.78 is 0. The molecule has 2 nitrogen and oxygen atoms in total. The fourth-order valence-electron chi connectivity index (χ4n) is 1.35. The topological polar surface area (TPSA) is 43.1 Å². The molecule has 2 heteroatoms. The summed E-state index contributed by atoms with van der Waals surface area (Å²) in [6.07, 6.45) is 2.76. The maximum Gasteiger partial charge on any atom is 0.127 e.